The van der Waals surface area contributed by atoms with Crippen LogP contribution in [-0.4, -0.2) is 16.6 Å². The zero-order valence-corrected chi connectivity index (χ0v) is 14.3. The van der Waals surface area contributed by atoms with Crippen molar-refractivity contribution in [2.24, 2.45) is 0 Å². The molecule has 26 heavy (non-hydrogen) atoms. The fourth-order valence-electron chi connectivity index (χ4n) is 2.44. The number of nitrogens with one attached hydrogen (secondary N) is 1. The third-order valence-corrected chi connectivity index (χ3v) is 4.69. The molecule has 0 spiro atoms. The van der Waals surface area contributed by atoms with Gasteiger partial charge in [-0.2, -0.15) is 5.26 Å². The summed E-state index contributed by atoms with van der Waals surface area (Å²) in [6, 6.07) is 19.6. The van der Waals surface area contributed by atoms with E-state index >= 15 is 0 Å². The van der Waals surface area contributed by atoms with E-state index in [1.165, 1.54) is 23.9 Å². The molecule has 0 aliphatic heterocycles. The standard InChI is InChI=1S/C19H13N3O3S/c20-11-15-9-16(22(24)25)6-8-18(15)21-19(23)12-26-17-7-5-13-3-1-2-4-14(13)10-17/h1-10H,12H2,(H,21,23). The number of hydrogen-bond donors (Lipinski definition) is 1. The van der Waals surface area contributed by atoms with E-state index in [1.54, 1.807) is 0 Å². The normalized spacial score (nSPS) is 10.3. The first kappa shape index (κ1) is 17.5. The van der Waals surface area contributed by atoms with Crippen LogP contribution in [0.25, 0.3) is 10.8 Å². The van der Waals surface area contributed by atoms with Crippen LogP contribution in [0.3, 0.4) is 0 Å². The topological polar surface area (TPSA) is 96.0 Å². The molecule has 0 aromatic heterocycles. The Bertz CT molecular complexity index is 1040. The highest BCUT2D eigenvalue weighted by Gasteiger charge is 2.13. The number of nitro groups is 1. The third kappa shape index (κ3) is 3.99. The summed E-state index contributed by atoms with van der Waals surface area (Å²) in [5.74, 6) is -0.117. The summed E-state index contributed by atoms with van der Waals surface area (Å²) < 4.78 is 0. The first-order chi connectivity index (χ1) is 12.6. The van der Waals surface area contributed by atoms with Gasteiger partial charge in [0, 0.05) is 17.0 Å². The minimum absolute atomic E-state index is 0.0586. The van der Waals surface area contributed by atoms with Gasteiger partial charge in [-0.15, -0.1) is 11.8 Å². The van der Waals surface area contributed by atoms with E-state index in [0.717, 1.165) is 21.7 Å². The zero-order valence-electron chi connectivity index (χ0n) is 13.5. The molecule has 0 saturated carbocycles. The lowest BCUT2D eigenvalue weighted by Gasteiger charge is -2.07. The van der Waals surface area contributed by atoms with E-state index in [-0.39, 0.29) is 28.6 Å². The highest BCUT2D eigenvalue weighted by molar-refractivity contribution is 8.00. The van der Waals surface area contributed by atoms with E-state index in [1.807, 2.05) is 48.5 Å². The van der Waals surface area contributed by atoms with E-state index in [0.29, 0.717) is 0 Å². The number of nitriles is 1. The minimum atomic E-state index is -0.581. The Labute approximate surface area is 153 Å². The number of thioether (sulfide) groups is 1. The molecule has 0 unspecified atom stereocenters. The van der Waals surface area contributed by atoms with Crippen LogP contribution >= 0.6 is 11.8 Å². The molecule has 0 bridgehead atoms. The van der Waals surface area contributed by atoms with Gasteiger partial charge in [0.05, 0.1) is 21.9 Å². The van der Waals surface area contributed by atoms with Gasteiger partial charge in [0.15, 0.2) is 0 Å². The van der Waals surface area contributed by atoms with Crippen LogP contribution < -0.4 is 5.32 Å². The van der Waals surface area contributed by atoms with Crippen LogP contribution in [0.15, 0.2) is 65.6 Å². The second-order valence-electron chi connectivity index (χ2n) is 5.44. The number of non-ortho nitro benzene ring substituents is 1. The number of amides is 1. The number of nitro benzene ring substituents is 1. The number of benzene rings is 3. The van der Waals surface area contributed by atoms with Crippen molar-refractivity contribution in [2.45, 2.75) is 4.90 Å². The zero-order chi connectivity index (χ0) is 18.5. The molecule has 0 aliphatic rings. The lowest BCUT2D eigenvalue weighted by Crippen LogP contribution is -2.15. The number of carbonyl (C=O) groups excluding carboxylic acids is 1. The van der Waals surface area contributed by atoms with Gasteiger partial charge in [-0.1, -0.05) is 30.3 Å². The lowest BCUT2D eigenvalue weighted by molar-refractivity contribution is -0.384. The number of nitrogens with zero attached hydrogens (tertiary/aromatic N) is 2. The van der Waals surface area contributed by atoms with E-state index < -0.39 is 4.92 Å². The molecule has 3 aromatic carbocycles. The number of fused-ring (bicyclic) bond motifs is 1. The summed E-state index contributed by atoms with van der Waals surface area (Å²) in [4.78, 5) is 23.3. The van der Waals surface area contributed by atoms with Gasteiger partial charge in [-0.25, -0.2) is 0 Å². The molecular formula is C19H13N3O3S. The van der Waals surface area contributed by atoms with Crippen LogP contribution in [0.4, 0.5) is 11.4 Å². The highest BCUT2D eigenvalue weighted by atomic mass is 32.2. The van der Waals surface area contributed by atoms with Crippen molar-refractivity contribution in [3.63, 3.8) is 0 Å². The van der Waals surface area contributed by atoms with Crippen molar-refractivity contribution in [2.75, 3.05) is 11.1 Å². The molecule has 128 valence electrons. The Morgan fingerprint density at radius 2 is 1.88 bits per heavy atom. The van der Waals surface area contributed by atoms with Gasteiger partial charge >= 0.3 is 0 Å². The molecule has 7 heteroatoms. The Balaban J connectivity index is 1.67. The fourth-order valence-corrected chi connectivity index (χ4v) is 3.18. The van der Waals surface area contributed by atoms with Gasteiger partial charge < -0.3 is 5.32 Å². The average Bonchev–Trinajstić information content (AvgIpc) is 2.66. The molecule has 0 fully saturated rings. The van der Waals surface area contributed by atoms with Gasteiger partial charge in [-0.05, 0) is 29.0 Å². The predicted octanol–water partition coefficient (Wildman–Crippen LogP) is 4.35. The van der Waals surface area contributed by atoms with Crippen molar-refractivity contribution in [1.82, 2.24) is 0 Å². The monoisotopic (exact) mass is 363 g/mol. The maximum Gasteiger partial charge on any atom is 0.270 e. The Hall–Kier alpha value is -3.37. The second-order valence-corrected chi connectivity index (χ2v) is 6.49. The van der Waals surface area contributed by atoms with Gasteiger partial charge in [0.2, 0.25) is 5.91 Å². The molecule has 1 N–H and O–H groups in total. The Morgan fingerprint density at radius 1 is 1.12 bits per heavy atom. The molecule has 1 amide bonds. The fraction of sp³-hybridized carbons (Fsp3) is 0.0526. The summed E-state index contributed by atoms with van der Waals surface area (Å²) in [6.07, 6.45) is 0. The lowest BCUT2D eigenvalue weighted by atomic mass is 10.1. The van der Waals surface area contributed by atoms with Gasteiger partial charge in [0.1, 0.15) is 6.07 Å². The number of anilines is 1. The second kappa shape index (κ2) is 7.68. The number of rotatable bonds is 5. The van der Waals surface area contributed by atoms with Crippen LogP contribution in [0.1, 0.15) is 5.56 Å². The van der Waals surface area contributed by atoms with Gasteiger partial charge in [0.25, 0.3) is 5.69 Å². The third-order valence-electron chi connectivity index (χ3n) is 3.70. The SMILES string of the molecule is N#Cc1cc([N+](=O)[O-])ccc1NC(=O)CSc1ccc2ccccc2c1. The summed E-state index contributed by atoms with van der Waals surface area (Å²) in [7, 11) is 0. The average molecular weight is 363 g/mol. The maximum absolute atomic E-state index is 12.2. The van der Waals surface area contributed by atoms with Gasteiger partial charge in [-0.3, -0.25) is 14.9 Å². The minimum Gasteiger partial charge on any atom is -0.324 e. The van der Waals surface area contributed by atoms with Crippen molar-refractivity contribution in [3.8, 4) is 6.07 Å². The van der Waals surface area contributed by atoms with Crippen LogP contribution in [0, 0.1) is 21.4 Å². The summed E-state index contributed by atoms with van der Waals surface area (Å²) in [5, 5.41) is 24.7. The first-order valence-corrected chi connectivity index (χ1v) is 8.65. The molecule has 6 nitrogen and oxygen atoms in total. The Morgan fingerprint density at radius 3 is 2.62 bits per heavy atom. The molecule has 0 heterocycles. The molecular weight excluding hydrogens is 350 g/mol. The number of carbonyl (C=O) groups is 1. The molecule has 0 saturated heterocycles. The summed E-state index contributed by atoms with van der Waals surface area (Å²) >= 11 is 1.38. The molecule has 0 radical (unpaired) electrons. The number of hydrogen-bond acceptors (Lipinski definition) is 5. The van der Waals surface area contributed by atoms with E-state index in [4.69, 9.17) is 5.26 Å². The highest BCUT2D eigenvalue weighted by Crippen LogP contribution is 2.25. The van der Waals surface area contributed by atoms with E-state index in [9.17, 15) is 14.9 Å². The molecule has 0 atom stereocenters. The van der Waals surface area contributed by atoms with Crippen LogP contribution in [0.2, 0.25) is 0 Å². The van der Waals surface area contributed by atoms with E-state index in [2.05, 4.69) is 5.32 Å². The first-order valence-electron chi connectivity index (χ1n) is 7.67. The quantitative estimate of drug-likeness (QED) is 0.413. The molecule has 0 aliphatic carbocycles. The Kier molecular flexibility index (Phi) is 5.15. The van der Waals surface area contributed by atoms with Crippen molar-refractivity contribution in [3.05, 3.63) is 76.3 Å². The van der Waals surface area contributed by atoms with Crippen LogP contribution in [-0.2, 0) is 4.79 Å². The smallest absolute Gasteiger partial charge is 0.270 e. The largest absolute Gasteiger partial charge is 0.324 e. The summed E-state index contributed by atoms with van der Waals surface area (Å²) in [5.41, 5.74) is 0.135. The molecule has 3 aromatic rings. The maximum atomic E-state index is 12.2. The van der Waals surface area contributed by atoms with Crippen molar-refractivity contribution >= 4 is 39.8 Å². The van der Waals surface area contributed by atoms with Crippen molar-refractivity contribution < 1.29 is 9.72 Å². The molecule has 3 rings (SSSR count). The van der Waals surface area contributed by atoms with Crippen LogP contribution in [0.5, 0.6) is 0 Å². The van der Waals surface area contributed by atoms with Crippen molar-refractivity contribution in [1.29, 1.82) is 5.26 Å². The summed E-state index contributed by atoms with van der Waals surface area (Å²) in [6.45, 7) is 0. The predicted molar refractivity (Wildman–Crippen MR) is 101 cm³/mol.